The summed E-state index contributed by atoms with van der Waals surface area (Å²) < 4.78 is 6.05. The van der Waals surface area contributed by atoms with Crippen molar-refractivity contribution in [3.8, 4) is 0 Å². The van der Waals surface area contributed by atoms with Crippen LogP contribution in [-0.2, 0) is 4.74 Å². The highest BCUT2D eigenvalue weighted by molar-refractivity contribution is 4.86. The number of hydrogen-bond donors (Lipinski definition) is 1. The van der Waals surface area contributed by atoms with Crippen LogP contribution >= 0.6 is 0 Å². The maximum atomic E-state index is 6.05. The van der Waals surface area contributed by atoms with Crippen molar-refractivity contribution in [2.45, 2.75) is 70.2 Å². The predicted molar refractivity (Wildman–Crippen MR) is 66.4 cm³/mol. The monoisotopic (exact) mass is 226 g/mol. The molecule has 0 saturated carbocycles. The van der Waals surface area contributed by atoms with E-state index in [1.54, 1.807) is 0 Å². The van der Waals surface area contributed by atoms with Crippen LogP contribution in [0.25, 0.3) is 0 Å². The minimum atomic E-state index is 0.0973. The fourth-order valence-electron chi connectivity index (χ4n) is 3.00. The highest BCUT2D eigenvalue weighted by Gasteiger charge is 2.34. The summed E-state index contributed by atoms with van der Waals surface area (Å²) in [6, 6.07) is 1.03. The predicted octanol–water partition coefficient (Wildman–Crippen LogP) is 1.76. The second-order valence-corrected chi connectivity index (χ2v) is 6.17. The molecular formula is C13H26N2O. The molecule has 2 fully saturated rings. The third-order valence-electron chi connectivity index (χ3n) is 4.05. The van der Waals surface area contributed by atoms with Gasteiger partial charge in [0, 0.05) is 18.6 Å². The van der Waals surface area contributed by atoms with Crippen molar-refractivity contribution < 1.29 is 4.74 Å². The summed E-state index contributed by atoms with van der Waals surface area (Å²) in [5.74, 6) is 0. The normalized spacial score (nSPS) is 40.1. The van der Waals surface area contributed by atoms with Crippen molar-refractivity contribution in [3.63, 3.8) is 0 Å². The first kappa shape index (κ1) is 12.3. The van der Waals surface area contributed by atoms with Gasteiger partial charge in [-0.2, -0.15) is 0 Å². The van der Waals surface area contributed by atoms with Crippen LogP contribution in [0.15, 0.2) is 0 Å². The van der Waals surface area contributed by atoms with Crippen LogP contribution in [0.4, 0.5) is 0 Å². The van der Waals surface area contributed by atoms with E-state index >= 15 is 0 Å². The Morgan fingerprint density at radius 3 is 2.69 bits per heavy atom. The Labute approximate surface area is 99.3 Å². The lowest BCUT2D eigenvalue weighted by Crippen LogP contribution is -2.48. The molecule has 0 amide bonds. The minimum Gasteiger partial charge on any atom is -0.371 e. The number of ether oxygens (including phenoxy) is 1. The van der Waals surface area contributed by atoms with E-state index < -0.39 is 0 Å². The number of nitrogens with zero attached hydrogens (tertiary/aromatic N) is 1. The lowest BCUT2D eigenvalue weighted by atomic mass is 9.98. The average molecular weight is 226 g/mol. The van der Waals surface area contributed by atoms with Crippen molar-refractivity contribution in [2.24, 2.45) is 5.73 Å². The van der Waals surface area contributed by atoms with E-state index in [2.05, 4.69) is 25.7 Å². The van der Waals surface area contributed by atoms with Crippen LogP contribution in [-0.4, -0.2) is 41.8 Å². The van der Waals surface area contributed by atoms with Gasteiger partial charge in [-0.1, -0.05) is 0 Å². The van der Waals surface area contributed by atoms with Crippen molar-refractivity contribution in [1.82, 2.24) is 4.90 Å². The molecule has 0 spiro atoms. The van der Waals surface area contributed by atoms with Gasteiger partial charge < -0.3 is 10.5 Å². The summed E-state index contributed by atoms with van der Waals surface area (Å²) in [6.07, 6.45) is 5.12. The molecule has 94 valence electrons. The van der Waals surface area contributed by atoms with Gasteiger partial charge in [-0.25, -0.2) is 0 Å². The number of piperidine rings is 1. The fraction of sp³-hybridized carbons (Fsp3) is 1.00. The Morgan fingerprint density at radius 2 is 2.12 bits per heavy atom. The standard InChI is InChI=1S/C13H26N2O/c1-10-8-11(14)5-7-15(10)9-12-4-6-13(2,3)16-12/h10-12H,4-9,14H2,1-3H3. The van der Waals surface area contributed by atoms with Crippen LogP contribution in [0.5, 0.6) is 0 Å². The molecule has 0 radical (unpaired) electrons. The zero-order valence-corrected chi connectivity index (χ0v) is 10.9. The quantitative estimate of drug-likeness (QED) is 0.779. The van der Waals surface area contributed by atoms with E-state index in [0.29, 0.717) is 18.2 Å². The van der Waals surface area contributed by atoms with E-state index in [9.17, 15) is 0 Å². The van der Waals surface area contributed by atoms with E-state index in [4.69, 9.17) is 10.5 Å². The van der Waals surface area contributed by atoms with Crippen LogP contribution in [0.1, 0.15) is 46.5 Å². The molecule has 0 aromatic heterocycles. The maximum absolute atomic E-state index is 6.05. The summed E-state index contributed by atoms with van der Waals surface area (Å²) >= 11 is 0. The molecule has 3 atom stereocenters. The molecule has 2 heterocycles. The Kier molecular flexibility index (Phi) is 3.57. The van der Waals surface area contributed by atoms with Gasteiger partial charge >= 0.3 is 0 Å². The Balaban J connectivity index is 1.82. The molecule has 2 saturated heterocycles. The second-order valence-electron chi connectivity index (χ2n) is 6.17. The SMILES string of the molecule is CC1CC(N)CCN1CC1CCC(C)(C)O1. The summed E-state index contributed by atoms with van der Waals surface area (Å²) in [5.41, 5.74) is 6.08. The summed E-state index contributed by atoms with van der Waals surface area (Å²) in [4.78, 5) is 2.55. The van der Waals surface area contributed by atoms with Gasteiger partial charge in [0.1, 0.15) is 0 Å². The van der Waals surface area contributed by atoms with Gasteiger partial charge in [-0.3, -0.25) is 4.90 Å². The lowest BCUT2D eigenvalue weighted by Gasteiger charge is -2.37. The zero-order valence-electron chi connectivity index (χ0n) is 10.9. The molecule has 0 bridgehead atoms. The van der Waals surface area contributed by atoms with E-state index in [1.807, 2.05) is 0 Å². The third kappa shape index (κ3) is 2.96. The summed E-state index contributed by atoms with van der Waals surface area (Å²) in [5, 5.41) is 0. The molecule has 3 heteroatoms. The Hall–Kier alpha value is -0.120. The minimum absolute atomic E-state index is 0.0973. The lowest BCUT2D eigenvalue weighted by molar-refractivity contribution is -0.0368. The van der Waals surface area contributed by atoms with E-state index in [-0.39, 0.29) is 5.60 Å². The average Bonchev–Trinajstić information content (AvgIpc) is 2.51. The zero-order chi connectivity index (χ0) is 11.8. The van der Waals surface area contributed by atoms with Crippen molar-refractivity contribution in [1.29, 1.82) is 0 Å². The topological polar surface area (TPSA) is 38.5 Å². The molecule has 3 nitrogen and oxygen atoms in total. The van der Waals surface area contributed by atoms with Crippen LogP contribution < -0.4 is 5.73 Å². The first-order valence-corrected chi connectivity index (χ1v) is 6.64. The second kappa shape index (κ2) is 4.63. The molecule has 2 rings (SSSR count). The van der Waals surface area contributed by atoms with Crippen molar-refractivity contribution in [3.05, 3.63) is 0 Å². The van der Waals surface area contributed by atoms with Crippen LogP contribution in [0.2, 0.25) is 0 Å². The molecule has 0 aromatic rings. The van der Waals surface area contributed by atoms with Gasteiger partial charge in [0.15, 0.2) is 0 Å². The van der Waals surface area contributed by atoms with E-state index in [1.165, 1.54) is 12.8 Å². The molecule has 0 aliphatic carbocycles. The first-order valence-electron chi connectivity index (χ1n) is 6.64. The molecule has 2 aliphatic rings. The first-order chi connectivity index (χ1) is 7.46. The van der Waals surface area contributed by atoms with Crippen LogP contribution in [0.3, 0.4) is 0 Å². The van der Waals surface area contributed by atoms with Gasteiger partial charge in [0.25, 0.3) is 0 Å². The Bertz CT molecular complexity index is 242. The van der Waals surface area contributed by atoms with Crippen molar-refractivity contribution >= 4 is 0 Å². The van der Waals surface area contributed by atoms with Crippen molar-refractivity contribution in [2.75, 3.05) is 13.1 Å². The smallest absolute Gasteiger partial charge is 0.0710 e. The molecule has 2 N–H and O–H groups in total. The number of nitrogens with two attached hydrogens (primary N) is 1. The fourth-order valence-corrected chi connectivity index (χ4v) is 3.00. The van der Waals surface area contributed by atoms with Gasteiger partial charge in [0.05, 0.1) is 11.7 Å². The van der Waals surface area contributed by atoms with E-state index in [0.717, 1.165) is 25.9 Å². The summed E-state index contributed by atoms with van der Waals surface area (Å²) in [6.45, 7) is 8.92. The van der Waals surface area contributed by atoms with Gasteiger partial charge in [-0.05, 0) is 53.0 Å². The summed E-state index contributed by atoms with van der Waals surface area (Å²) in [7, 11) is 0. The molecular weight excluding hydrogens is 200 g/mol. The maximum Gasteiger partial charge on any atom is 0.0710 e. The number of hydrogen-bond acceptors (Lipinski definition) is 3. The number of likely N-dealkylation sites (tertiary alicyclic amines) is 1. The number of rotatable bonds is 2. The molecule has 0 aromatic carbocycles. The molecule has 2 aliphatic heterocycles. The highest BCUT2D eigenvalue weighted by Crippen LogP contribution is 2.30. The highest BCUT2D eigenvalue weighted by atomic mass is 16.5. The largest absolute Gasteiger partial charge is 0.371 e. The third-order valence-corrected chi connectivity index (χ3v) is 4.05. The molecule has 3 unspecified atom stereocenters. The Morgan fingerprint density at radius 1 is 1.38 bits per heavy atom. The molecule has 16 heavy (non-hydrogen) atoms. The van der Waals surface area contributed by atoms with Crippen LogP contribution in [0, 0.1) is 0 Å². The van der Waals surface area contributed by atoms with Gasteiger partial charge in [-0.15, -0.1) is 0 Å². The van der Waals surface area contributed by atoms with Gasteiger partial charge in [0.2, 0.25) is 0 Å².